The molecule has 2 rings (SSSR count). The largest absolute Gasteiger partial charge is 0.377 e. The minimum Gasteiger partial charge on any atom is -0.377 e. The SMILES string of the molecule is CCCn1ccnc1CNc1cccc(F)c1C#N. The summed E-state index contributed by atoms with van der Waals surface area (Å²) in [6.07, 6.45) is 4.67. The highest BCUT2D eigenvalue weighted by Crippen LogP contribution is 2.18. The lowest BCUT2D eigenvalue weighted by atomic mass is 10.2. The molecule has 0 unspecified atom stereocenters. The van der Waals surface area contributed by atoms with Gasteiger partial charge in [-0.05, 0) is 18.6 Å². The van der Waals surface area contributed by atoms with Crippen LogP contribution in [0.5, 0.6) is 0 Å². The maximum Gasteiger partial charge on any atom is 0.143 e. The number of hydrogen-bond donors (Lipinski definition) is 1. The maximum atomic E-state index is 13.4. The molecular formula is C14H15FN4. The van der Waals surface area contributed by atoms with E-state index in [0.717, 1.165) is 18.8 Å². The molecule has 19 heavy (non-hydrogen) atoms. The Bertz CT molecular complexity index is 598. The predicted molar refractivity (Wildman–Crippen MR) is 71.0 cm³/mol. The number of aromatic nitrogens is 2. The Morgan fingerprint density at radius 1 is 1.47 bits per heavy atom. The van der Waals surface area contributed by atoms with E-state index in [1.54, 1.807) is 18.3 Å². The van der Waals surface area contributed by atoms with E-state index in [9.17, 15) is 4.39 Å². The van der Waals surface area contributed by atoms with E-state index in [1.165, 1.54) is 6.07 Å². The van der Waals surface area contributed by atoms with E-state index in [0.29, 0.717) is 12.2 Å². The van der Waals surface area contributed by atoms with Crippen molar-refractivity contribution in [1.29, 1.82) is 5.26 Å². The highest BCUT2D eigenvalue weighted by Gasteiger charge is 2.08. The molecule has 0 radical (unpaired) electrons. The fraction of sp³-hybridized carbons (Fsp3) is 0.286. The quantitative estimate of drug-likeness (QED) is 0.897. The van der Waals surface area contributed by atoms with Gasteiger partial charge < -0.3 is 9.88 Å². The molecule has 0 spiro atoms. The molecule has 0 aliphatic rings. The third-order valence-corrected chi connectivity index (χ3v) is 2.83. The molecule has 1 N–H and O–H groups in total. The number of nitrogens with one attached hydrogen (secondary N) is 1. The number of aryl methyl sites for hydroxylation is 1. The Labute approximate surface area is 111 Å². The van der Waals surface area contributed by atoms with Crippen LogP contribution >= 0.6 is 0 Å². The van der Waals surface area contributed by atoms with Crippen molar-refractivity contribution in [3.63, 3.8) is 0 Å². The van der Waals surface area contributed by atoms with Crippen molar-refractivity contribution < 1.29 is 4.39 Å². The summed E-state index contributed by atoms with van der Waals surface area (Å²) in [5, 5.41) is 12.0. The second kappa shape index (κ2) is 6.01. The van der Waals surface area contributed by atoms with Crippen molar-refractivity contribution in [2.24, 2.45) is 0 Å². The molecule has 0 saturated heterocycles. The van der Waals surface area contributed by atoms with E-state index in [4.69, 9.17) is 5.26 Å². The van der Waals surface area contributed by atoms with E-state index < -0.39 is 5.82 Å². The second-order valence-corrected chi connectivity index (χ2v) is 4.16. The number of nitrogens with zero attached hydrogens (tertiary/aromatic N) is 3. The average Bonchev–Trinajstić information content (AvgIpc) is 2.84. The molecule has 0 amide bonds. The second-order valence-electron chi connectivity index (χ2n) is 4.16. The molecule has 1 heterocycles. The van der Waals surface area contributed by atoms with Gasteiger partial charge in [-0.15, -0.1) is 0 Å². The van der Waals surface area contributed by atoms with E-state index in [1.807, 2.05) is 16.8 Å². The number of hydrogen-bond acceptors (Lipinski definition) is 3. The van der Waals surface area contributed by atoms with Gasteiger partial charge in [0.25, 0.3) is 0 Å². The van der Waals surface area contributed by atoms with Crippen LogP contribution in [0.15, 0.2) is 30.6 Å². The zero-order chi connectivity index (χ0) is 13.7. The highest BCUT2D eigenvalue weighted by molar-refractivity contribution is 5.57. The van der Waals surface area contributed by atoms with Crippen molar-refractivity contribution in [1.82, 2.24) is 9.55 Å². The number of imidazole rings is 1. The van der Waals surface area contributed by atoms with E-state index in [2.05, 4.69) is 17.2 Å². The van der Waals surface area contributed by atoms with Crippen LogP contribution in [0.3, 0.4) is 0 Å². The first-order valence-corrected chi connectivity index (χ1v) is 6.18. The van der Waals surface area contributed by atoms with Gasteiger partial charge in [-0.2, -0.15) is 5.26 Å². The van der Waals surface area contributed by atoms with Crippen LogP contribution < -0.4 is 5.32 Å². The van der Waals surface area contributed by atoms with Crippen molar-refractivity contribution in [2.45, 2.75) is 26.4 Å². The summed E-state index contributed by atoms with van der Waals surface area (Å²) in [5.41, 5.74) is 0.532. The van der Waals surface area contributed by atoms with Gasteiger partial charge in [0.1, 0.15) is 23.3 Å². The van der Waals surface area contributed by atoms with Gasteiger partial charge in [0.2, 0.25) is 0 Å². The van der Waals surface area contributed by atoms with Gasteiger partial charge in [-0.25, -0.2) is 9.37 Å². The third-order valence-electron chi connectivity index (χ3n) is 2.83. The Balaban J connectivity index is 2.13. The first-order valence-electron chi connectivity index (χ1n) is 6.18. The van der Waals surface area contributed by atoms with Crippen molar-refractivity contribution >= 4 is 5.69 Å². The van der Waals surface area contributed by atoms with Crippen LogP contribution in [0.2, 0.25) is 0 Å². The molecule has 1 aromatic heterocycles. The van der Waals surface area contributed by atoms with Crippen LogP contribution in [0, 0.1) is 17.1 Å². The molecule has 0 fully saturated rings. The van der Waals surface area contributed by atoms with Crippen molar-refractivity contribution in [3.05, 3.63) is 47.8 Å². The molecule has 2 aromatic rings. The number of nitriles is 1. The van der Waals surface area contributed by atoms with Gasteiger partial charge in [0.05, 0.1) is 12.2 Å². The smallest absolute Gasteiger partial charge is 0.143 e. The van der Waals surface area contributed by atoms with Crippen LogP contribution in [-0.4, -0.2) is 9.55 Å². The van der Waals surface area contributed by atoms with Crippen molar-refractivity contribution in [3.8, 4) is 6.07 Å². The monoisotopic (exact) mass is 258 g/mol. The molecule has 1 aromatic carbocycles. The lowest BCUT2D eigenvalue weighted by molar-refractivity contribution is 0.623. The minimum absolute atomic E-state index is 0.0381. The lowest BCUT2D eigenvalue weighted by Crippen LogP contribution is -2.09. The molecule has 5 heteroatoms. The number of rotatable bonds is 5. The molecule has 0 bridgehead atoms. The molecule has 0 atom stereocenters. The molecule has 0 saturated carbocycles. The Hall–Kier alpha value is -2.35. The Kier molecular flexibility index (Phi) is 4.14. The fourth-order valence-electron chi connectivity index (χ4n) is 1.91. The zero-order valence-electron chi connectivity index (χ0n) is 10.7. The van der Waals surface area contributed by atoms with Gasteiger partial charge in [-0.1, -0.05) is 13.0 Å². The number of halogens is 1. The summed E-state index contributed by atoms with van der Waals surface area (Å²) in [6, 6.07) is 6.42. The van der Waals surface area contributed by atoms with Gasteiger partial charge in [0, 0.05) is 18.9 Å². The topological polar surface area (TPSA) is 53.6 Å². The summed E-state index contributed by atoms with van der Waals surface area (Å²) in [5.74, 6) is 0.361. The average molecular weight is 258 g/mol. The highest BCUT2D eigenvalue weighted by atomic mass is 19.1. The number of benzene rings is 1. The Morgan fingerprint density at radius 3 is 3.05 bits per heavy atom. The summed E-state index contributed by atoms with van der Waals surface area (Å²) in [4.78, 5) is 4.25. The molecular weight excluding hydrogens is 243 g/mol. The van der Waals surface area contributed by atoms with Crippen molar-refractivity contribution in [2.75, 3.05) is 5.32 Å². The van der Waals surface area contributed by atoms with E-state index in [-0.39, 0.29) is 5.56 Å². The molecule has 0 aliphatic heterocycles. The zero-order valence-corrected chi connectivity index (χ0v) is 10.7. The maximum absolute atomic E-state index is 13.4. The first-order chi connectivity index (χ1) is 9.26. The Morgan fingerprint density at radius 2 is 2.32 bits per heavy atom. The van der Waals surface area contributed by atoms with Gasteiger partial charge >= 0.3 is 0 Å². The van der Waals surface area contributed by atoms with Crippen LogP contribution in [0.1, 0.15) is 24.7 Å². The molecule has 0 aliphatic carbocycles. The summed E-state index contributed by atoms with van der Waals surface area (Å²) < 4.78 is 15.5. The standard InChI is InChI=1S/C14H15FN4/c1-2-7-19-8-6-17-14(19)10-18-13-5-3-4-12(15)11(13)9-16/h3-6,8,18H,2,7,10H2,1H3. The molecule has 4 nitrogen and oxygen atoms in total. The predicted octanol–water partition coefficient (Wildman–Crippen LogP) is 2.92. The summed E-state index contributed by atoms with van der Waals surface area (Å²) >= 11 is 0. The third kappa shape index (κ3) is 2.91. The number of anilines is 1. The van der Waals surface area contributed by atoms with Crippen LogP contribution in [-0.2, 0) is 13.1 Å². The lowest BCUT2D eigenvalue weighted by Gasteiger charge is -2.10. The van der Waals surface area contributed by atoms with Crippen LogP contribution in [0.4, 0.5) is 10.1 Å². The molecule has 98 valence electrons. The van der Waals surface area contributed by atoms with E-state index >= 15 is 0 Å². The van der Waals surface area contributed by atoms with Crippen LogP contribution in [0.25, 0.3) is 0 Å². The fourth-order valence-corrected chi connectivity index (χ4v) is 1.91. The normalized spacial score (nSPS) is 10.2. The van der Waals surface area contributed by atoms with Gasteiger partial charge in [-0.3, -0.25) is 0 Å². The summed E-state index contributed by atoms with van der Waals surface area (Å²) in [7, 11) is 0. The minimum atomic E-state index is -0.510. The first kappa shape index (κ1) is 13.1. The van der Waals surface area contributed by atoms with Gasteiger partial charge in [0.15, 0.2) is 0 Å². The summed E-state index contributed by atoms with van der Waals surface area (Å²) in [6.45, 7) is 3.45.